The molecule has 166 valence electrons. The van der Waals surface area contributed by atoms with E-state index in [9.17, 15) is 18.8 Å². The molecule has 0 saturated heterocycles. The highest BCUT2D eigenvalue weighted by molar-refractivity contribution is 5.97. The standard InChI is InChI=1S/C23H28FN3O4/c24-18-10-16-20(11-19(18)26-12-14-7-8-14)27(15-4-1-2-5-15)13-17(22(16)30)23(31)25-9-3-6-21(28)29/h10-11,13-15,26H,1-9,12H2,(H,25,31)(H,28,29). The Kier molecular flexibility index (Phi) is 6.25. The quantitative estimate of drug-likeness (QED) is 0.528. The van der Waals surface area contributed by atoms with E-state index >= 15 is 0 Å². The first-order chi connectivity index (χ1) is 14.9. The number of halogens is 1. The summed E-state index contributed by atoms with van der Waals surface area (Å²) in [6, 6.07) is 3.09. The molecule has 7 nitrogen and oxygen atoms in total. The van der Waals surface area contributed by atoms with Crippen LogP contribution in [0.3, 0.4) is 0 Å². The Hall–Kier alpha value is -2.90. The van der Waals surface area contributed by atoms with Crippen LogP contribution < -0.4 is 16.1 Å². The maximum absolute atomic E-state index is 14.8. The molecule has 1 amide bonds. The predicted octanol–water partition coefficient (Wildman–Crippen LogP) is 3.67. The number of rotatable bonds is 9. The third-order valence-electron chi connectivity index (χ3n) is 6.21. The van der Waals surface area contributed by atoms with E-state index in [1.54, 1.807) is 12.3 Å². The summed E-state index contributed by atoms with van der Waals surface area (Å²) >= 11 is 0. The van der Waals surface area contributed by atoms with Gasteiger partial charge in [0.15, 0.2) is 0 Å². The van der Waals surface area contributed by atoms with Gasteiger partial charge in [0.1, 0.15) is 11.4 Å². The average molecular weight is 429 g/mol. The predicted molar refractivity (Wildman–Crippen MR) is 116 cm³/mol. The lowest BCUT2D eigenvalue weighted by Crippen LogP contribution is -2.31. The Labute approximate surface area is 179 Å². The fourth-order valence-electron chi connectivity index (χ4n) is 4.26. The summed E-state index contributed by atoms with van der Waals surface area (Å²) in [5.41, 5.74) is 0.482. The van der Waals surface area contributed by atoms with E-state index in [-0.39, 0.29) is 36.4 Å². The van der Waals surface area contributed by atoms with Crippen LogP contribution in [0.1, 0.15) is 67.8 Å². The Balaban J connectivity index is 1.69. The fourth-order valence-corrected chi connectivity index (χ4v) is 4.26. The zero-order valence-corrected chi connectivity index (χ0v) is 17.5. The summed E-state index contributed by atoms with van der Waals surface area (Å²) in [7, 11) is 0. The van der Waals surface area contributed by atoms with Gasteiger partial charge < -0.3 is 20.3 Å². The molecule has 0 aliphatic heterocycles. The van der Waals surface area contributed by atoms with Gasteiger partial charge >= 0.3 is 5.97 Å². The molecule has 4 rings (SSSR count). The molecule has 1 heterocycles. The molecule has 1 aromatic heterocycles. The third kappa shape index (κ3) is 4.89. The number of hydrogen-bond acceptors (Lipinski definition) is 4. The van der Waals surface area contributed by atoms with Gasteiger partial charge in [-0.05, 0) is 50.2 Å². The van der Waals surface area contributed by atoms with Gasteiger partial charge in [0, 0.05) is 37.1 Å². The normalized spacial score (nSPS) is 16.5. The Morgan fingerprint density at radius 1 is 1.16 bits per heavy atom. The molecule has 8 heteroatoms. The molecule has 31 heavy (non-hydrogen) atoms. The maximum atomic E-state index is 14.8. The summed E-state index contributed by atoms with van der Waals surface area (Å²) in [5, 5.41) is 14.7. The highest BCUT2D eigenvalue weighted by Crippen LogP contribution is 2.34. The number of carboxylic acids is 1. The second-order valence-corrected chi connectivity index (χ2v) is 8.64. The number of pyridine rings is 1. The number of aliphatic carboxylic acids is 1. The van der Waals surface area contributed by atoms with Crippen LogP contribution in [0, 0.1) is 11.7 Å². The van der Waals surface area contributed by atoms with Crippen molar-refractivity contribution in [3.05, 3.63) is 39.9 Å². The van der Waals surface area contributed by atoms with Crippen molar-refractivity contribution in [3.63, 3.8) is 0 Å². The number of carboxylic acid groups (broad SMARTS) is 1. The Bertz CT molecular complexity index is 1050. The summed E-state index contributed by atoms with van der Waals surface area (Å²) < 4.78 is 16.7. The summed E-state index contributed by atoms with van der Waals surface area (Å²) in [5.74, 6) is -1.41. The first-order valence-electron chi connectivity index (χ1n) is 11.1. The van der Waals surface area contributed by atoms with E-state index < -0.39 is 23.1 Å². The van der Waals surface area contributed by atoms with Gasteiger partial charge in [0.05, 0.1) is 11.2 Å². The van der Waals surface area contributed by atoms with Gasteiger partial charge in [-0.3, -0.25) is 14.4 Å². The number of nitrogens with zero attached hydrogens (tertiary/aromatic N) is 1. The molecule has 2 saturated carbocycles. The van der Waals surface area contributed by atoms with E-state index in [4.69, 9.17) is 5.11 Å². The number of hydrogen-bond donors (Lipinski definition) is 3. The molecule has 2 fully saturated rings. The molecule has 0 radical (unpaired) electrons. The van der Waals surface area contributed by atoms with Crippen molar-refractivity contribution in [2.45, 2.75) is 57.4 Å². The van der Waals surface area contributed by atoms with E-state index in [0.717, 1.165) is 38.5 Å². The van der Waals surface area contributed by atoms with E-state index in [1.165, 1.54) is 6.07 Å². The summed E-state index contributed by atoms with van der Waals surface area (Å²) in [6.07, 6.45) is 8.14. The zero-order valence-electron chi connectivity index (χ0n) is 17.5. The van der Waals surface area contributed by atoms with Crippen molar-refractivity contribution in [1.82, 2.24) is 9.88 Å². The van der Waals surface area contributed by atoms with E-state index in [1.807, 2.05) is 4.57 Å². The molecule has 0 spiro atoms. The molecule has 3 N–H and O–H groups in total. The van der Waals surface area contributed by atoms with Gasteiger partial charge in [0.2, 0.25) is 5.43 Å². The Morgan fingerprint density at radius 2 is 1.90 bits per heavy atom. The molecule has 2 aromatic rings. The second kappa shape index (κ2) is 9.08. The van der Waals surface area contributed by atoms with Crippen molar-refractivity contribution < 1.29 is 19.1 Å². The Morgan fingerprint density at radius 3 is 2.58 bits per heavy atom. The molecule has 2 aliphatic rings. The highest BCUT2D eigenvalue weighted by atomic mass is 19.1. The van der Waals surface area contributed by atoms with Gasteiger partial charge in [-0.1, -0.05) is 12.8 Å². The molecule has 0 atom stereocenters. The first-order valence-corrected chi connectivity index (χ1v) is 11.1. The molecule has 0 unspecified atom stereocenters. The molecule has 2 aliphatic carbocycles. The van der Waals surface area contributed by atoms with Crippen molar-refractivity contribution in [2.24, 2.45) is 5.92 Å². The lowest BCUT2D eigenvalue weighted by atomic mass is 10.1. The monoisotopic (exact) mass is 429 g/mol. The van der Waals surface area contributed by atoms with Crippen LogP contribution in [0.2, 0.25) is 0 Å². The van der Waals surface area contributed by atoms with Crippen LogP contribution in [0.5, 0.6) is 0 Å². The largest absolute Gasteiger partial charge is 0.481 e. The highest BCUT2D eigenvalue weighted by Gasteiger charge is 2.24. The number of fused-ring (bicyclic) bond motifs is 1. The topological polar surface area (TPSA) is 100 Å². The van der Waals surface area contributed by atoms with Crippen LogP contribution in [-0.4, -0.2) is 34.6 Å². The van der Waals surface area contributed by atoms with Gasteiger partial charge in [-0.15, -0.1) is 0 Å². The van der Waals surface area contributed by atoms with Crippen LogP contribution >= 0.6 is 0 Å². The van der Waals surface area contributed by atoms with Gasteiger partial charge in [0.25, 0.3) is 5.91 Å². The number of aromatic nitrogens is 1. The fraction of sp³-hybridized carbons (Fsp3) is 0.522. The second-order valence-electron chi connectivity index (χ2n) is 8.64. The summed E-state index contributed by atoms with van der Waals surface area (Å²) in [4.78, 5) is 36.4. The van der Waals surface area contributed by atoms with E-state index in [2.05, 4.69) is 10.6 Å². The lowest BCUT2D eigenvalue weighted by molar-refractivity contribution is -0.137. The van der Waals surface area contributed by atoms with Crippen LogP contribution in [0.4, 0.5) is 10.1 Å². The van der Waals surface area contributed by atoms with Crippen molar-refractivity contribution in [2.75, 3.05) is 18.4 Å². The third-order valence-corrected chi connectivity index (χ3v) is 6.21. The number of amides is 1. The average Bonchev–Trinajstić information content (AvgIpc) is 3.41. The van der Waals surface area contributed by atoms with Crippen molar-refractivity contribution in [3.8, 4) is 0 Å². The molecular weight excluding hydrogens is 401 g/mol. The number of anilines is 1. The smallest absolute Gasteiger partial charge is 0.303 e. The van der Waals surface area contributed by atoms with Gasteiger partial charge in [-0.25, -0.2) is 4.39 Å². The summed E-state index contributed by atoms with van der Waals surface area (Å²) in [6.45, 7) is 0.872. The maximum Gasteiger partial charge on any atom is 0.303 e. The van der Waals surface area contributed by atoms with Crippen molar-refractivity contribution in [1.29, 1.82) is 0 Å². The SMILES string of the molecule is O=C(O)CCCNC(=O)c1cn(C2CCCC2)c2cc(NCC3CC3)c(F)cc2c1=O. The van der Waals surface area contributed by atoms with Crippen LogP contribution in [0.15, 0.2) is 23.1 Å². The van der Waals surface area contributed by atoms with Crippen LogP contribution in [-0.2, 0) is 4.79 Å². The van der Waals surface area contributed by atoms with Crippen LogP contribution in [0.25, 0.3) is 10.9 Å². The van der Waals surface area contributed by atoms with E-state index in [0.29, 0.717) is 23.7 Å². The molecule has 1 aromatic carbocycles. The number of benzene rings is 1. The van der Waals surface area contributed by atoms with Gasteiger partial charge in [-0.2, -0.15) is 0 Å². The number of carbonyl (C=O) groups is 2. The number of carbonyl (C=O) groups excluding carboxylic acids is 1. The lowest BCUT2D eigenvalue weighted by Gasteiger charge is -2.20. The minimum Gasteiger partial charge on any atom is -0.481 e. The minimum atomic E-state index is -0.940. The zero-order chi connectivity index (χ0) is 22.0. The van der Waals surface area contributed by atoms with Crippen molar-refractivity contribution >= 4 is 28.5 Å². The first kappa shape index (κ1) is 21.3. The minimum absolute atomic E-state index is 0.0344. The molecular formula is C23H28FN3O4. The molecule has 0 bridgehead atoms. The number of nitrogens with one attached hydrogen (secondary N) is 2.